The molecule has 26 heavy (non-hydrogen) atoms. The molecule has 4 rings (SSSR count). The molecular weight excluding hydrogens is 320 g/mol. The van der Waals surface area contributed by atoms with Gasteiger partial charge in [-0.15, -0.1) is 0 Å². The molecule has 2 aliphatic rings. The summed E-state index contributed by atoms with van der Waals surface area (Å²) in [7, 11) is 0. The lowest BCUT2D eigenvalue weighted by atomic mass is 10.1. The molecule has 0 amide bonds. The maximum Gasteiger partial charge on any atom is 0.193 e. The fourth-order valence-electron chi connectivity index (χ4n) is 3.96. The molecule has 0 saturated carbocycles. The highest BCUT2D eigenvalue weighted by Gasteiger charge is 2.12. The summed E-state index contributed by atoms with van der Waals surface area (Å²) in [5.41, 5.74) is 12.6. The Morgan fingerprint density at radius 3 is 2.46 bits per heavy atom. The first kappa shape index (κ1) is 17.1. The number of fused-ring (bicyclic) bond motifs is 1. The second-order valence-electron chi connectivity index (χ2n) is 7.46. The van der Waals surface area contributed by atoms with Crippen LogP contribution in [0.4, 0.5) is 5.69 Å². The lowest BCUT2D eigenvalue weighted by Crippen LogP contribution is -2.22. The molecule has 0 atom stereocenters. The van der Waals surface area contributed by atoms with E-state index in [-0.39, 0.29) is 0 Å². The summed E-state index contributed by atoms with van der Waals surface area (Å²) in [6.07, 6.45) is 6.31. The van der Waals surface area contributed by atoms with Crippen LogP contribution in [0, 0.1) is 0 Å². The third-order valence-electron chi connectivity index (χ3n) is 5.43. The van der Waals surface area contributed by atoms with Crippen LogP contribution < -0.4 is 11.1 Å². The fraction of sp³-hybridized carbons (Fsp3) is 0.409. The van der Waals surface area contributed by atoms with Gasteiger partial charge in [0.25, 0.3) is 0 Å². The van der Waals surface area contributed by atoms with Gasteiger partial charge in [0.1, 0.15) is 0 Å². The van der Waals surface area contributed by atoms with E-state index in [1.54, 1.807) is 0 Å². The van der Waals surface area contributed by atoms with Gasteiger partial charge in [-0.3, -0.25) is 4.90 Å². The Morgan fingerprint density at radius 1 is 0.923 bits per heavy atom. The molecule has 2 aromatic carbocycles. The first-order valence-corrected chi connectivity index (χ1v) is 9.75. The number of nitrogens with two attached hydrogens (primary N) is 1. The first-order valence-electron chi connectivity index (χ1n) is 9.75. The van der Waals surface area contributed by atoms with Crippen LogP contribution in [0.2, 0.25) is 0 Å². The molecule has 4 nitrogen and oxygen atoms in total. The Bertz CT molecular complexity index is 773. The number of nitrogens with zero attached hydrogens (tertiary/aromatic N) is 2. The van der Waals surface area contributed by atoms with Gasteiger partial charge in [0, 0.05) is 12.2 Å². The number of hydrogen-bond donors (Lipinski definition) is 2. The first-order chi connectivity index (χ1) is 12.8. The largest absolute Gasteiger partial charge is 0.370 e. The van der Waals surface area contributed by atoms with Crippen molar-refractivity contribution < 1.29 is 0 Å². The Balaban J connectivity index is 1.32. The van der Waals surface area contributed by atoms with Crippen molar-refractivity contribution in [1.29, 1.82) is 0 Å². The van der Waals surface area contributed by atoms with Crippen LogP contribution in [0.3, 0.4) is 0 Å². The van der Waals surface area contributed by atoms with E-state index in [1.807, 2.05) is 0 Å². The summed E-state index contributed by atoms with van der Waals surface area (Å²) in [6, 6.07) is 15.3. The molecule has 0 spiro atoms. The van der Waals surface area contributed by atoms with Gasteiger partial charge < -0.3 is 11.1 Å². The number of aryl methyl sites for hydroxylation is 2. The lowest BCUT2D eigenvalue weighted by molar-refractivity contribution is 0.331. The molecule has 1 saturated heterocycles. The van der Waals surface area contributed by atoms with E-state index in [4.69, 9.17) is 5.73 Å². The molecule has 1 aliphatic heterocycles. The quantitative estimate of drug-likeness (QED) is 0.640. The van der Waals surface area contributed by atoms with Crippen LogP contribution in [0.1, 0.15) is 41.5 Å². The number of likely N-dealkylation sites (tertiary alicyclic amines) is 1. The molecule has 0 aromatic heterocycles. The van der Waals surface area contributed by atoms with Crippen molar-refractivity contribution in [2.45, 2.75) is 45.2 Å². The van der Waals surface area contributed by atoms with E-state index in [2.05, 4.69) is 57.7 Å². The standard InChI is InChI=1S/C22H28N4/c23-22(25-21-11-10-19-4-3-5-20(19)14-21)24-15-17-6-8-18(9-7-17)16-26-12-1-2-13-26/h6-11,14H,1-5,12-13,15-16H2,(H3,23,24,25). The minimum absolute atomic E-state index is 0.476. The minimum Gasteiger partial charge on any atom is -0.370 e. The Morgan fingerprint density at radius 2 is 1.65 bits per heavy atom. The number of aliphatic imine (C=N–C) groups is 1. The number of guanidine groups is 1. The predicted molar refractivity (Wildman–Crippen MR) is 108 cm³/mol. The summed E-state index contributed by atoms with van der Waals surface area (Å²) in [5.74, 6) is 0.476. The van der Waals surface area contributed by atoms with Crippen molar-refractivity contribution in [1.82, 2.24) is 4.90 Å². The zero-order chi connectivity index (χ0) is 17.8. The molecule has 136 valence electrons. The Hall–Kier alpha value is -2.33. The van der Waals surface area contributed by atoms with Gasteiger partial charge in [0.05, 0.1) is 6.54 Å². The summed E-state index contributed by atoms with van der Waals surface area (Å²) in [4.78, 5) is 7.01. The molecule has 1 fully saturated rings. The summed E-state index contributed by atoms with van der Waals surface area (Å²) < 4.78 is 0. The SMILES string of the molecule is NC(=NCc1ccc(CN2CCCC2)cc1)Nc1ccc2c(c1)CCC2. The highest BCUT2D eigenvalue weighted by molar-refractivity contribution is 5.92. The molecule has 2 aromatic rings. The maximum absolute atomic E-state index is 6.07. The van der Waals surface area contributed by atoms with Crippen molar-refractivity contribution >= 4 is 11.6 Å². The molecular formula is C22H28N4. The molecule has 4 heteroatoms. The van der Waals surface area contributed by atoms with Crippen molar-refractivity contribution in [3.63, 3.8) is 0 Å². The van der Waals surface area contributed by atoms with E-state index >= 15 is 0 Å². The maximum atomic E-state index is 6.07. The third-order valence-corrected chi connectivity index (χ3v) is 5.43. The average Bonchev–Trinajstić information content (AvgIpc) is 3.32. The van der Waals surface area contributed by atoms with Gasteiger partial charge in [-0.2, -0.15) is 0 Å². The topological polar surface area (TPSA) is 53.6 Å². The van der Waals surface area contributed by atoms with Gasteiger partial charge in [0.2, 0.25) is 0 Å². The second kappa shape index (κ2) is 7.92. The summed E-state index contributed by atoms with van der Waals surface area (Å²) >= 11 is 0. The van der Waals surface area contributed by atoms with Crippen molar-refractivity contribution in [3.05, 3.63) is 64.7 Å². The van der Waals surface area contributed by atoms with Gasteiger partial charge >= 0.3 is 0 Å². The molecule has 0 unspecified atom stereocenters. The van der Waals surface area contributed by atoms with E-state index < -0.39 is 0 Å². The van der Waals surface area contributed by atoms with Crippen molar-refractivity contribution in [2.75, 3.05) is 18.4 Å². The fourth-order valence-corrected chi connectivity index (χ4v) is 3.96. The number of benzene rings is 2. The zero-order valence-corrected chi connectivity index (χ0v) is 15.4. The molecule has 1 aliphatic carbocycles. The summed E-state index contributed by atoms with van der Waals surface area (Å²) in [5, 5.41) is 3.22. The van der Waals surface area contributed by atoms with Gasteiger partial charge in [-0.25, -0.2) is 4.99 Å². The van der Waals surface area contributed by atoms with Crippen LogP contribution in [-0.2, 0) is 25.9 Å². The van der Waals surface area contributed by atoms with Crippen LogP contribution >= 0.6 is 0 Å². The highest BCUT2D eigenvalue weighted by Crippen LogP contribution is 2.24. The monoisotopic (exact) mass is 348 g/mol. The number of anilines is 1. The van der Waals surface area contributed by atoms with Crippen LogP contribution in [0.25, 0.3) is 0 Å². The predicted octanol–water partition coefficient (Wildman–Crippen LogP) is 3.70. The number of hydrogen-bond acceptors (Lipinski definition) is 2. The third kappa shape index (κ3) is 4.25. The highest BCUT2D eigenvalue weighted by atomic mass is 15.1. The lowest BCUT2D eigenvalue weighted by Gasteiger charge is -2.14. The van der Waals surface area contributed by atoms with Crippen molar-refractivity contribution in [3.8, 4) is 0 Å². The number of nitrogens with one attached hydrogen (secondary N) is 1. The molecule has 3 N–H and O–H groups in total. The molecule has 1 heterocycles. The van der Waals surface area contributed by atoms with Crippen LogP contribution in [0.15, 0.2) is 47.5 Å². The summed E-state index contributed by atoms with van der Waals surface area (Å²) in [6.45, 7) is 4.13. The van der Waals surface area contributed by atoms with E-state index in [1.165, 1.54) is 67.4 Å². The van der Waals surface area contributed by atoms with Crippen LogP contribution in [-0.4, -0.2) is 23.9 Å². The van der Waals surface area contributed by atoms with Crippen LogP contribution in [0.5, 0.6) is 0 Å². The average molecular weight is 348 g/mol. The van der Waals surface area contributed by atoms with Gasteiger partial charge in [-0.1, -0.05) is 30.3 Å². The van der Waals surface area contributed by atoms with Gasteiger partial charge in [-0.05, 0) is 79.6 Å². The van der Waals surface area contributed by atoms with E-state index in [9.17, 15) is 0 Å². The molecule has 0 radical (unpaired) electrons. The van der Waals surface area contributed by atoms with Crippen molar-refractivity contribution in [2.24, 2.45) is 10.7 Å². The number of rotatable bonds is 5. The minimum atomic E-state index is 0.476. The Kier molecular flexibility index (Phi) is 5.21. The van der Waals surface area contributed by atoms with E-state index in [0.717, 1.165) is 12.2 Å². The zero-order valence-electron chi connectivity index (χ0n) is 15.4. The second-order valence-corrected chi connectivity index (χ2v) is 7.46. The smallest absolute Gasteiger partial charge is 0.193 e. The van der Waals surface area contributed by atoms with Gasteiger partial charge in [0.15, 0.2) is 5.96 Å². The van der Waals surface area contributed by atoms with E-state index in [0.29, 0.717) is 12.5 Å². The normalized spacial score (nSPS) is 17.5. The molecule has 0 bridgehead atoms. The Labute approximate surface area is 156 Å².